The maximum atomic E-state index is 5.80. The van der Waals surface area contributed by atoms with Gasteiger partial charge in [-0.05, 0) is 43.9 Å². The number of methoxy groups -OCH3 is 2. The molecule has 1 unspecified atom stereocenters. The number of rotatable bonds is 11. The summed E-state index contributed by atoms with van der Waals surface area (Å²) in [6.45, 7) is 11.4. The summed E-state index contributed by atoms with van der Waals surface area (Å²) in [6.07, 6.45) is 1.22. The molecule has 6 nitrogen and oxygen atoms in total. The molecule has 1 rings (SSSR count). The highest BCUT2D eigenvalue weighted by Gasteiger charge is 2.13. The van der Waals surface area contributed by atoms with E-state index in [-0.39, 0.29) is 6.10 Å². The Labute approximate surface area is 158 Å². The van der Waals surface area contributed by atoms with Crippen LogP contribution in [0.1, 0.15) is 39.7 Å². The molecule has 0 bridgehead atoms. The number of benzene rings is 1. The highest BCUT2D eigenvalue weighted by atomic mass is 16.5. The Morgan fingerprint density at radius 2 is 1.81 bits per heavy atom. The van der Waals surface area contributed by atoms with Crippen LogP contribution in [0.5, 0.6) is 11.5 Å². The van der Waals surface area contributed by atoms with Crippen LogP contribution in [-0.4, -0.2) is 46.0 Å². The molecule has 0 amide bonds. The highest BCUT2D eigenvalue weighted by molar-refractivity contribution is 5.79. The van der Waals surface area contributed by atoms with Crippen molar-refractivity contribution in [3.05, 3.63) is 23.8 Å². The van der Waals surface area contributed by atoms with Crippen LogP contribution in [0.3, 0.4) is 0 Å². The minimum Gasteiger partial charge on any atom is -0.493 e. The van der Waals surface area contributed by atoms with E-state index in [9.17, 15) is 0 Å². The second-order valence-corrected chi connectivity index (χ2v) is 6.34. The molecule has 0 saturated carbocycles. The van der Waals surface area contributed by atoms with Crippen molar-refractivity contribution in [3.63, 3.8) is 0 Å². The molecule has 1 aromatic rings. The van der Waals surface area contributed by atoms with Gasteiger partial charge >= 0.3 is 0 Å². The van der Waals surface area contributed by atoms with Crippen LogP contribution in [0.25, 0.3) is 0 Å². The number of nitrogens with one attached hydrogen (secondary N) is 2. The zero-order valence-electron chi connectivity index (χ0n) is 17.1. The predicted molar refractivity (Wildman–Crippen MR) is 107 cm³/mol. The third-order valence-electron chi connectivity index (χ3n) is 4.06. The zero-order chi connectivity index (χ0) is 19.4. The van der Waals surface area contributed by atoms with Crippen molar-refractivity contribution in [1.82, 2.24) is 10.6 Å². The van der Waals surface area contributed by atoms with Gasteiger partial charge in [0.05, 0.1) is 26.9 Å². The largest absolute Gasteiger partial charge is 0.493 e. The van der Waals surface area contributed by atoms with Crippen LogP contribution in [-0.2, 0) is 11.3 Å². The van der Waals surface area contributed by atoms with E-state index in [0.29, 0.717) is 12.5 Å². The topological polar surface area (TPSA) is 64.1 Å². The average Bonchev–Trinajstić information content (AvgIpc) is 2.64. The second kappa shape index (κ2) is 12.4. The predicted octanol–water partition coefficient (Wildman–Crippen LogP) is 3.21. The van der Waals surface area contributed by atoms with Gasteiger partial charge < -0.3 is 24.8 Å². The molecule has 0 aliphatic rings. The standard InChI is InChI=1S/C20H35N3O3/c1-7-21-20(22-12-11-17(15(3)4)26-8-2)23-14-16-9-10-18(24-5)19(13-16)25-6/h9-10,13,15,17H,7-8,11-12,14H2,1-6H3,(H2,21,22,23). The minimum atomic E-state index is 0.265. The lowest BCUT2D eigenvalue weighted by atomic mass is 10.0. The molecule has 0 heterocycles. The summed E-state index contributed by atoms with van der Waals surface area (Å²) in [5.74, 6) is 2.75. The van der Waals surface area contributed by atoms with Gasteiger partial charge in [-0.25, -0.2) is 4.99 Å². The van der Waals surface area contributed by atoms with Gasteiger partial charge in [0.25, 0.3) is 0 Å². The second-order valence-electron chi connectivity index (χ2n) is 6.34. The Hall–Kier alpha value is -1.95. The fraction of sp³-hybridized carbons (Fsp3) is 0.650. The molecule has 2 N–H and O–H groups in total. The van der Waals surface area contributed by atoms with E-state index in [1.807, 2.05) is 25.1 Å². The summed E-state index contributed by atoms with van der Waals surface area (Å²) < 4.78 is 16.4. The quantitative estimate of drug-likeness (QED) is 0.466. The van der Waals surface area contributed by atoms with Crippen molar-refractivity contribution in [2.75, 3.05) is 33.9 Å². The molecular weight excluding hydrogens is 330 g/mol. The van der Waals surface area contributed by atoms with E-state index in [1.165, 1.54) is 0 Å². The van der Waals surface area contributed by atoms with E-state index in [1.54, 1.807) is 14.2 Å². The third-order valence-corrected chi connectivity index (χ3v) is 4.06. The molecule has 0 fully saturated rings. The fourth-order valence-corrected chi connectivity index (χ4v) is 2.65. The first-order valence-corrected chi connectivity index (χ1v) is 9.40. The zero-order valence-corrected chi connectivity index (χ0v) is 17.1. The van der Waals surface area contributed by atoms with E-state index in [2.05, 4.69) is 36.4 Å². The van der Waals surface area contributed by atoms with Crippen LogP contribution in [0.4, 0.5) is 0 Å². The molecule has 148 valence electrons. The first-order valence-electron chi connectivity index (χ1n) is 9.40. The van der Waals surface area contributed by atoms with Crippen LogP contribution >= 0.6 is 0 Å². The number of guanidine groups is 1. The normalized spacial score (nSPS) is 12.8. The number of hydrogen-bond donors (Lipinski definition) is 2. The molecular formula is C20H35N3O3. The van der Waals surface area contributed by atoms with Gasteiger partial charge in [0.2, 0.25) is 0 Å². The number of ether oxygens (including phenoxy) is 3. The molecule has 0 aromatic heterocycles. The van der Waals surface area contributed by atoms with Crippen molar-refractivity contribution in [3.8, 4) is 11.5 Å². The lowest BCUT2D eigenvalue weighted by Crippen LogP contribution is -2.39. The van der Waals surface area contributed by atoms with Crippen LogP contribution in [0.15, 0.2) is 23.2 Å². The monoisotopic (exact) mass is 365 g/mol. The number of hydrogen-bond acceptors (Lipinski definition) is 4. The SMILES string of the molecule is CCNC(=NCc1ccc(OC)c(OC)c1)NCCC(OCC)C(C)C. The first kappa shape index (κ1) is 22.1. The summed E-state index contributed by atoms with van der Waals surface area (Å²) in [6, 6.07) is 5.85. The van der Waals surface area contributed by atoms with E-state index >= 15 is 0 Å². The van der Waals surface area contributed by atoms with Gasteiger partial charge in [0.1, 0.15) is 0 Å². The molecule has 0 saturated heterocycles. The van der Waals surface area contributed by atoms with Gasteiger partial charge in [-0.1, -0.05) is 19.9 Å². The number of nitrogens with zero attached hydrogens (tertiary/aromatic N) is 1. The van der Waals surface area contributed by atoms with Crippen molar-refractivity contribution in [1.29, 1.82) is 0 Å². The molecule has 0 spiro atoms. The first-order chi connectivity index (χ1) is 12.5. The van der Waals surface area contributed by atoms with Crippen LogP contribution in [0, 0.1) is 5.92 Å². The summed E-state index contributed by atoms with van der Waals surface area (Å²) in [5, 5.41) is 6.67. The third kappa shape index (κ3) is 7.52. The average molecular weight is 366 g/mol. The Kier molecular flexibility index (Phi) is 10.5. The molecule has 1 atom stereocenters. The van der Waals surface area contributed by atoms with Gasteiger partial charge in [0, 0.05) is 19.7 Å². The Morgan fingerprint density at radius 1 is 1.08 bits per heavy atom. The maximum Gasteiger partial charge on any atom is 0.191 e. The van der Waals surface area contributed by atoms with Crippen molar-refractivity contribution >= 4 is 5.96 Å². The van der Waals surface area contributed by atoms with Gasteiger partial charge in [-0.2, -0.15) is 0 Å². The van der Waals surface area contributed by atoms with Crippen LogP contribution in [0.2, 0.25) is 0 Å². The van der Waals surface area contributed by atoms with E-state index in [4.69, 9.17) is 14.2 Å². The number of aliphatic imine (C=N–C) groups is 1. The van der Waals surface area contributed by atoms with Crippen molar-refractivity contribution < 1.29 is 14.2 Å². The molecule has 1 aromatic carbocycles. The smallest absolute Gasteiger partial charge is 0.191 e. The maximum absolute atomic E-state index is 5.80. The Morgan fingerprint density at radius 3 is 2.38 bits per heavy atom. The lowest BCUT2D eigenvalue weighted by molar-refractivity contribution is 0.0258. The van der Waals surface area contributed by atoms with Crippen LogP contribution < -0.4 is 20.1 Å². The van der Waals surface area contributed by atoms with Gasteiger partial charge in [0.15, 0.2) is 17.5 Å². The fourth-order valence-electron chi connectivity index (χ4n) is 2.65. The van der Waals surface area contributed by atoms with E-state index in [0.717, 1.165) is 49.1 Å². The molecule has 0 aliphatic heterocycles. The highest BCUT2D eigenvalue weighted by Crippen LogP contribution is 2.27. The summed E-state index contributed by atoms with van der Waals surface area (Å²) in [7, 11) is 3.27. The van der Waals surface area contributed by atoms with E-state index < -0.39 is 0 Å². The molecule has 0 aliphatic carbocycles. The van der Waals surface area contributed by atoms with Gasteiger partial charge in [-0.15, -0.1) is 0 Å². The Balaban J connectivity index is 2.65. The lowest BCUT2D eigenvalue weighted by Gasteiger charge is -2.21. The summed E-state index contributed by atoms with van der Waals surface area (Å²) in [5.41, 5.74) is 1.06. The van der Waals surface area contributed by atoms with Gasteiger partial charge in [-0.3, -0.25) is 0 Å². The summed E-state index contributed by atoms with van der Waals surface area (Å²) >= 11 is 0. The minimum absolute atomic E-state index is 0.265. The molecule has 26 heavy (non-hydrogen) atoms. The van der Waals surface area contributed by atoms with Crippen molar-refractivity contribution in [2.45, 2.75) is 46.8 Å². The molecule has 0 radical (unpaired) electrons. The molecule has 6 heteroatoms. The Bertz CT molecular complexity index is 547. The summed E-state index contributed by atoms with van der Waals surface area (Å²) in [4.78, 5) is 4.66. The van der Waals surface area contributed by atoms with Crippen molar-refractivity contribution in [2.24, 2.45) is 10.9 Å².